The summed E-state index contributed by atoms with van der Waals surface area (Å²) in [4.78, 5) is 12.6. The first-order valence-corrected chi connectivity index (χ1v) is 13.8. The molecule has 0 bridgehead atoms. The predicted octanol–water partition coefficient (Wildman–Crippen LogP) is 4.07. The lowest BCUT2D eigenvalue weighted by atomic mass is 10.3. The summed E-state index contributed by atoms with van der Waals surface area (Å²) in [5, 5.41) is 7.41. The summed E-state index contributed by atoms with van der Waals surface area (Å²) in [5.41, 5.74) is 1.08. The number of amides is 1. The van der Waals surface area contributed by atoms with Gasteiger partial charge in [-0.2, -0.15) is 4.31 Å². The van der Waals surface area contributed by atoms with Crippen molar-refractivity contribution >= 4 is 68.5 Å². The van der Waals surface area contributed by atoms with E-state index >= 15 is 0 Å². The van der Waals surface area contributed by atoms with E-state index in [1.54, 1.807) is 4.68 Å². The molecule has 1 saturated heterocycles. The monoisotopic (exact) mass is 542 g/mol. The topological polar surface area (TPSA) is 93.5 Å². The van der Waals surface area contributed by atoms with Crippen LogP contribution in [-0.4, -0.2) is 60.5 Å². The van der Waals surface area contributed by atoms with Gasteiger partial charge in [0, 0.05) is 13.1 Å². The quantitative estimate of drug-likeness (QED) is 0.355. The molecule has 0 spiro atoms. The Morgan fingerprint density at radius 2 is 1.94 bits per heavy atom. The molecule has 2 aromatic carbocycles. The number of morpholine rings is 1. The number of thioether (sulfide) groups is 1. The van der Waals surface area contributed by atoms with Crippen LogP contribution in [0.5, 0.6) is 0 Å². The van der Waals surface area contributed by atoms with Gasteiger partial charge < -0.3 is 10.1 Å². The minimum atomic E-state index is -3.71. The second-order valence-electron chi connectivity index (χ2n) is 6.88. The van der Waals surface area contributed by atoms with Gasteiger partial charge in [0.2, 0.25) is 15.9 Å². The summed E-state index contributed by atoms with van der Waals surface area (Å²) in [7, 11) is -3.71. The summed E-state index contributed by atoms with van der Waals surface area (Å²) in [6.07, 6.45) is 0. The van der Waals surface area contributed by atoms with Gasteiger partial charge in [-0.1, -0.05) is 52.9 Å². The van der Waals surface area contributed by atoms with E-state index in [9.17, 15) is 13.2 Å². The molecule has 1 fully saturated rings. The van der Waals surface area contributed by atoms with Crippen molar-refractivity contribution in [3.8, 4) is 5.69 Å². The average molecular weight is 543 g/mol. The fraction of sp³-hybridized carbons (Fsp3) is 0.250. The highest BCUT2D eigenvalue weighted by molar-refractivity contribution is 8.01. The number of hydrogen-bond donors (Lipinski definition) is 1. The molecular weight excluding hydrogens is 524 g/mol. The van der Waals surface area contributed by atoms with E-state index in [-0.39, 0.29) is 40.4 Å². The number of aromatic nitrogens is 2. The summed E-state index contributed by atoms with van der Waals surface area (Å²) < 4.78 is 35.2. The lowest BCUT2D eigenvalue weighted by Crippen LogP contribution is -2.40. The molecule has 0 unspecified atom stereocenters. The van der Waals surface area contributed by atoms with E-state index in [4.69, 9.17) is 28.6 Å². The highest BCUT2D eigenvalue weighted by Crippen LogP contribution is 2.28. The van der Waals surface area contributed by atoms with Crippen LogP contribution in [0.3, 0.4) is 0 Å². The van der Waals surface area contributed by atoms with Gasteiger partial charge in [-0.15, -0.1) is 5.10 Å². The van der Waals surface area contributed by atoms with E-state index in [0.29, 0.717) is 21.5 Å². The minimum Gasteiger partial charge on any atom is -0.379 e. The second kappa shape index (κ2) is 10.6. The van der Waals surface area contributed by atoms with Gasteiger partial charge in [-0.05, 0) is 42.5 Å². The van der Waals surface area contributed by atoms with Gasteiger partial charge in [0.05, 0.1) is 40.3 Å². The van der Waals surface area contributed by atoms with E-state index < -0.39 is 10.0 Å². The number of ether oxygens (including phenoxy) is 1. The number of halogens is 1. The molecular formula is C20H19ClN4O4S4. The Labute approximate surface area is 209 Å². The number of carbonyl (C=O) groups excluding carboxylic acids is 1. The van der Waals surface area contributed by atoms with Gasteiger partial charge >= 0.3 is 0 Å². The average Bonchev–Trinajstić information content (AvgIpc) is 3.20. The van der Waals surface area contributed by atoms with Crippen molar-refractivity contribution < 1.29 is 17.9 Å². The number of benzene rings is 2. The molecule has 33 heavy (non-hydrogen) atoms. The Kier molecular flexibility index (Phi) is 7.84. The number of nitrogens with one attached hydrogen (secondary N) is 1. The number of nitrogens with zero attached hydrogens (tertiary/aromatic N) is 3. The molecule has 4 rings (SSSR count). The van der Waals surface area contributed by atoms with E-state index in [2.05, 4.69) is 10.4 Å². The number of sulfonamides is 1. The predicted molar refractivity (Wildman–Crippen MR) is 133 cm³/mol. The van der Waals surface area contributed by atoms with E-state index in [1.807, 2.05) is 30.3 Å². The minimum absolute atomic E-state index is 0.0633. The third-order valence-electron chi connectivity index (χ3n) is 4.68. The Balaban J connectivity index is 1.43. The number of para-hydroxylation sites is 1. The standard InChI is InChI=1S/C20H19ClN4O4S4/c21-16-7-6-15(33(27,28)24-8-10-29-11-9-24)12-17(16)22-18(26)13-31-19-23-25(20(30)32-19)14-4-2-1-3-5-14/h1-7,12H,8-11,13H2,(H,22,26). The Morgan fingerprint density at radius 3 is 2.67 bits per heavy atom. The van der Waals surface area contributed by atoms with Crippen LogP contribution in [0.2, 0.25) is 5.02 Å². The molecule has 1 aliphatic heterocycles. The van der Waals surface area contributed by atoms with Crippen LogP contribution in [0, 0.1) is 3.95 Å². The fourth-order valence-electron chi connectivity index (χ4n) is 3.06. The van der Waals surface area contributed by atoms with Crippen LogP contribution in [0.25, 0.3) is 5.69 Å². The number of hydrogen-bond acceptors (Lipinski definition) is 8. The maximum absolute atomic E-state index is 12.9. The van der Waals surface area contributed by atoms with E-state index in [1.165, 1.54) is 45.6 Å². The lowest BCUT2D eigenvalue weighted by molar-refractivity contribution is -0.113. The maximum atomic E-state index is 12.9. The summed E-state index contributed by atoms with van der Waals surface area (Å²) >= 11 is 14.1. The number of rotatable bonds is 7. The summed E-state index contributed by atoms with van der Waals surface area (Å²) in [5.74, 6) is -0.274. The van der Waals surface area contributed by atoms with Gasteiger partial charge in [0.1, 0.15) is 0 Å². The molecule has 174 valence electrons. The van der Waals surface area contributed by atoms with Crippen LogP contribution in [0.15, 0.2) is 57.8 Å². The molecule has 0 aliphatic carbocycles. The molecule has 1 aromatic heterocycles. The van der Waals surface area contributed by atoms with Gasteiger partial charge in [0.25, 0.3) is 0 Å². The molecule has 0 radical (unpaired) electrons. The van der Waals surface area contributed by atoms with Crippen LogP contribution in [0.1, 0.15) is 0 Å². The van der Waals surface area contributed by atoms with Crippen LogP contribution < -0.4 is 5.32 Å². The fourth-order valence-corrected chi connectivity index (χ4v) is 6.82. The molecule has 0 saturated carbocycles. The smallest absolute Gasteiger partial charge is 0.243 e. The van der Waals surface area contributed by atoms with Crippen LogP contribution in [0.4, 0.5) is 5.69 Å². The van der Waals surface area contributed by atoms with Crippen molar-refractivity contribution in [2.45, 2.75) is 9.24 Å². The SMILES string of the molecule is O=C(CSc1nn(-c2ccccc2)c(=S)s1)Nc1cc(S(=O)(=O)N2CCOCC2)ccc1Cl. The zero-order valence-corrected chi connectivity index (χ0v) is 21.2. The molecule has 1 N–H and O–H groups in total. The van der Waals surface area contributed by atoms with Crippen molar-refractivity contribution in [2.24, 2.45) is 0 Å². The highest BCUT2D eigenvalue weighted by atomic mass is 35.5. The molecule has 1 aliphatic rings. The summed E-state index contributed by atoms with van der Waals surface area (Å²) in [6.45, 7) is 1.26. The third-order valence-corrected chi connectivity index (χ3v) is 9.27. The number of anilines is 1. The van der Waals surface area contributed by atoms with Gasteiger partial charge in [-0.25, -0.2) is 13.1 Å². The van der Waals surface area contributed by atoms with Gasteiger partial charge in [-0.3, -0.25) is 4.79 Å². The molecule has 3 aromatic rings. The van der Waals surface area contributed by atoms with E-state index in [0.717, 1.165) is 5.69 Å². The van der Waals surface area contributed by atoms with Crippen molar-refractivity contribution in [1.29, 1.82) is 0 Å². The van der Waals surface area contributed by atoms with Crippen molar-refractivity contribution in [1.82, 2.24) is 14.1 Å². The largest absolute Gasteiger partial charge is 0.379 e. The Morgan fingerprint density at radius 1 is 1.21 bits per heavy atom. The Hall–Kier alpha value is -1.80. The second-order valence-corrected chi connectivity index (χ2v) is 12.1. The Bertz CT molecular complexity index is 1310. The molecule has 8 nitrogen and oxygen atoms in total. The number of carbonyl (C=O) groups is 1. The first kappa shape index (κ1) is 24.3. The zero-order chi connectivity index (χ0) is 23.4. The maximum Gasteiger partial charge on any atom is 0.243 e. The molecule has 1 amide bonds. The molecule has 13 heteroatoms. The van der Waals surface area contributed by atoms with Crippen molar-refractivity contribution in [2.75, 3.05) is 37.4 Å². The normalized spacial score (nSPS) is 14.8. The molecule has 0 atom stereocenters. The van der Waals surface area contributed by atoms with Crippen molar-refractivity contribution in [3.05, 3.63) is 57.5 Å². The van der Waals surface area contributed by atoms with Gasteiger partial charge in [0.15, 0.2) is 8.29 Å². The first-order chi connectivity index (χ1) is 15.8. The highest BCUT2D eigenvalue weighted by Gasteiger charge is 2.27. The van der Waals surface area contributed by atoms with Crippen LogP contribution in [-0.2, 0) is 19.6 Å². The lowest BCUT2D eigenvalue weighted by Gasteiger charge is -2.26. The van der Waals surface area contributed by atoms with Crippen molar-refractivity contribution in [3.63, 3.8) is 0 Å². The van der Waals surface area contributed by atoms with Crippen LogP contribution >= 0.6 is 46.9 Å². The molecule has 2 heterocycles. The summed E-state index contributed by atoms with van der Waals surface area (Å²) in [6, 6.07) is 13.8. The first-order valence-electron chi connectivity index (χ1n) is 9.80. The zero-order valence-electron chi connectivity index (χ0n) is 17.1. The third kappa shape index (κ3) is 5.83.